The van der Waals surface area contributed by atoms with E-state index < -0.39 is 96.4 Å². The molecule has 0 heterocycles. The predicted octanol–water partition coefficient (Wildman–Crippen LogP) is 20.8. The van der Waals surface area contributed by atoms with Gasteiger partial charge >= 0.3 is 105 Å². The Labute approximate surface area is 850 Å². The summed E-state index contributed by atoms with van der Waals surface area (Å²) in [6.45, 7) is 14.7. The van der Waals surface area contributed by atoms with Crippen molar-refractivity contribution in [1.29, 1.82) is 0 Å². The largest absolute Gasteiger partial charge is 1.00 e. The van der Waals surface area contributed by atoms with Gasteiger partial charge in [0.1, 0.15) is 24.4 Å². The van der Waals surface area contributed by atoms with Crippen molar-refractivity contribution < 1.29 is 161 Å². The monoisotopic (exact) mass is 1930 g/mol. The molecule has 0 aliphatic rings. The fraction of sp³-hybridized carbons (Fsp3) is 0.854. The summed E-state index contributed by atoms with van der Waals surface area (Å²) >= 11 is 0. The van der Waals surface area contributed by atoms with Crippen molar-refractivity contribution in [1.82, 2.24) is 21.3 Å². The quantitative estimate of drug-likeness (QED) is 0.00823. The number of carbonyl (C=O) groups is 7. The molecule has 764 valence electrons. The standard InChI is InChI=1S/C103H192N4O21P2.2Na.2H/c1-9-17-25-33-38-43-48-56-64-72-96(128-102(113)76-68-60-52-47-42-37-29-21-13-5)86-98(109)107-92(88-120-82-78-94(70-62-54-31-23-15-7)126-100(111)74-66-58-50-45-40-35-27-19-11-3)90-124-130(117,118)122-84-80-105-103(114)104-79-83-121-129(115,116)123-89-91(87-119-81-77-93(69-61-53-30-22-14-6)125-99(110)73-65-57-49-44-39-34-26-18-10-2)106-97(108)85-95(71-63-55-32-24-16-8)127-101(112)75-67-59-51-46-41-36-28-20-12-4;;;;/h44-47,49-52,91-96H,9-43,48,53-90H2,1-8H3,(H,106,108)(H,107,109)(H,115,116)(H,117,118)(H2,104,105,114);;;;/q;2*+1;2*-1/b49-44-,50-45-,51-46+,52-47+;;;;/t91?,92?,93-,94-,95-,96-;;;;/m1..../s1. The van der Waals surface area contributed by atoms with E-state index in [4.69, 9.17) is 46.5 Å². The van der Waals surface area contributed by atoms with Gasteiger partial charge in [-0.25, -0.2) is 13.9 Å². The molecule has 0 aromatic rings. The average Bonchev–Trinajstić information content (AvgIpc) is 0.903. The van der Waals surface area contributed by atoms with Crippen LogP contribution in [0, 0.1) is 0 Å². The second-order valence-corrected chi connectivity index (χ2v) is 38.5. The van der Waals surface area contributed by atoms with Gasteiger partial charge < -0.3 is 62.3 Å². The Bertz CT molecular complexity index is 2940. The molecule has 0 aliphatic carbocycles. The van der Waals surface area contributed by atoms with Gasteiger partial charge in [-0.3, -0.25) is 46.9 Å². The molecule has 0 rings (SSSR count). The smallest absolute Gasteiger partial charge is 1.00 e. The summed E-state index contributed by atoms with van der Waals surface area (Å²) in [5.41, 5.74) is 0. The third-order valence-corrected chi connectivity index (χ3v) is 24.8. The van der Waals surface area contributed by atoms with Crippen LogP contribution in [0.25, 0.3) is 0 Å². The van der Waals surface area contributed by atoms with E-state index in [1.807, 2.05) is 0 Å². The van der Waals surface area contributed by atoms with E-state index in [0.717, 1.165) is 205 Å². The maximum Gasteiger partial charge on any atom is 1.00 e. The van der Waals surface area contributed by atoms with Crippen molar-refractivity contribution >= 4 is 57.4 Å². The first-order chi connectivity index (χ1) is 63.2. The van der Waals surface area contributed by atoms with Crippen LogP contribution in [0.1, 0.15) is 469 Å². The zero-order valence-electron chi connectivity index (χ0n) is 87.5. The van der Waals surface area contributed by atoms with Crippen LogP contribution in [-0.2, 0) is 84.4 Å². The van der Waals surface area contributed by atoms with Crippen LogP contribution in [-0.4, -0.2) is 154 Å². The second-order valence-electron chi connectivity index (χ2n) is 35.6. The van der Waals surface area contributed by atoms with E-state index in [2.05, 4.69) is 125 Å². The van der Waals surface area contributed by atoms with Gasteiger partial charge in [-0.05, 0) is 154 Å². The van der Waals surface area contributed by atoms with Crippen molar-refractivity contribution in [3.63, 3.8) is 0 Å². The summed E-state index contributed by atoms with van der Waals surface area (Å²) in [5.74, 6) is -2.28. The number of amides is 4. The number of esters is 4. The summed E-state index contributed by atoms with van der Waals surface area (Å²) in [4.78, 5) is 116. The number of urea groups is 1. The second kappa shape index (κ2) is 99.7. The van der Waals surface area contributed by atoms with Crippen molar-refractivity contribution in [2.45, 2.75) is 503 Å². The van der Waals surface area contributed by atoms with E-state index in [1.165, 1.54) is 103 Å². The number of ether oxygens (including phenoxy) is 6. The Kier molecular flexibility index (Phi) is 101. The van der Waals surface area contributed by atoms with Crippen LogP contribution in [0.4, 0.5) is 4.79 Å². The molecule has 132 heavy (non-hydrogen) atoms. The van der Waals surface area contributed by atoms with Gasteiger partial charge in [-0.2, -0.15) is 0 Å². The van der Waals surface area contributed by atoms with Crippen LogP contribution in [0.15, 0.2) is 48.6 Å². The number of phosphoric acid groups is 2. The molecule has 0 radical (unpaired) electrons. The topological polar surface area (TPSA) is 335 Å². The molecule has 8 atom stereocenters. The molecular formula is C103H194N4Na2O21P2. The Morgan fingerprint density at radius 3 is 0.773 bits per heavy atom. The number of carbonyl (C=O) groups excluding carboxylic acids is 7. The van der Waals surface area contributed by atoms with Crippen LogP contribution in [0.5, 0.6) is 0 Å². The van der Waals surface area contributed by atoms with E-state index in [-0.39, 0.29) is 157 Å². The van der Waals surface area contributed by atoms with Crippen molar-refractivity contribution in [3.05, 3.63) is 48.6 Å². The van der Waals surface area contributed by atoms with Crippen LogP contribution < -0.4 is 80.4 Å². The molecule has 0 aromatic heterocycles. The number of rotatable bonds is 98. The molecule has 4 unspecified atom stereocenters. The summed E-state index contributed by atoms with van der Waals surface area (Å²) in [6.07, 6.45) is 72.3. The van der Waals surface area contributed by atoms with Gasteiger partial charge in [-0.1, -0.05) is 309 Å². The van der Waals surface area contributed by atoms with E-state index in [0.29, 0.717) is 70.6 Å². The fourth-order valence-corrected chi connectivity index (χ4v) is 16.5. The Morgan fingerprint density at radius 1 is 0.280 bits per heavy atom. The third-order valence-electron chi connectivity index (χ3n) is 22.8. The van der Waals surface area contributed by atoms with Crippen molar-refractivity contribution in [3.8, 4) is 0 Å². The maximum absolute atomic E-state index is 14.2. The molecule has 0 aromatic carbocycles. The molecule has 29 heteroatoms. The molecule has 0 bridgehead atoms. The fourth-order valence-electron chi connectivity index (χ4n) is 15.0. The van der Waals surface area contributed by atoms with Gasteiger partial charge in [0.15, 0.2) is 0 Å². The molecule has 6 N–H and O–H groups in total. The van der Waals surface area contributed by atoms with Gasteiger partial charge in [0.05, 0.1) is 77.8 Å². The Morgan fingerprint density at radius 2 is 0.508 bits per heavy atom. The number of allylic oxidation sites excluding steroid dienone is 8. The molecule has 0 saturated carbocycles. The summed E-state index contributed by atoms with van der Waals surface area (Å²) < 4.78 is 85.0. The van der Waals surface area contributed by atoms with Crippen LogP contribution >= 0.6 is 15.6 Å². The van der Waals surface area contributed by atoms with Gasteiger partial charge in [-0.15, -0.1) is 0 Å². The molecule has 4 amide bonds. The summed E-state index contributed by atoms with van der Waals surface area (Å²) in [6, 6.07) is -2.78. The number of unbranched alkanes of at least 4 members (excludes halogenated alkanes) is 40. The first-order valence-electron chi connectivity index (χ1n) is 52.6. The van der Waals surface area contributed by atoms with Gasteiger partial charge in [0.2, 0.25) is 11.8 Å². The van der Waals surface area contributed by atoms with Crippen LogP contribution in [0.3, 0.4) is 0 Å². The van der Waals surface area contributed by atoms with Gasteiger partial charge in [0.25, 0.3) is 0 Å². The van der Waals surface area contributed by atoms with Crippen LogP contribution in [0.2, 0.25) is 0 Å². The normalized spacial score (nSPS) is 14.0. The van der Waals surface area contributed by atoms with E-state index >= 15 is 0 Å². The SMILES string of the molecule is CCCCCC/C=C\CCCC(=O)O[C@H](CCCCCCC)CCOCC(COP(=O)(O)OCCNC(=O)NCCOP(=O)(O)OCC(COCC[C@@H](CCCCCCC)OC(=O)CCC/C=C\CCCCCC)NC(=O)C[C@@H](CCCCCCCCCCC)OC(=O)CCC/C=C/CCCCCC)NC(=O)C[C@@H](CCCCCCC)OC(=O)CCC/C=C/CCCCCC.[H-].[H-].[Na+].[Na+]. The minimum atomic E-state index is -4.87. The summed E-state index contributed by atoms with van der Waals surface area (Å²) in [5, 5.41) is 10.8. The molecule has 0 saturated heterocycles. The molecule has 25 nitrogen and oxygen atoms in total. The predicted molar refractivity (Wildman–Crippen MR) is 530 cm³/mol. The van der Waals surface area contributed by atoms with Crippen molar-refractivity contribution in [2.75, 3.05) is 65.9 Å². The van der Waals surface area contributed by atoms with E-state index in [1.54, 1.807) is 0 Å². The zero-order chi connectivity index (χ0) is 95.4. The summed E-state index contributed by atoms with van der Waals surface area (Å²) in [7, 11) is -9.74. The molecule has 0 aliphatic heterocycles. The average molecular weight is 1930 g/mol. The number of nitrogens with one attached hydrogen (secondary N) is 4. The first-order valence-corrected chi connectivity index (χ1v) is 55.5. The molecule has 0 fully saturated rings. The van der Waals surface area contributed by atoms with Gasteiger partial charge in [0, 0.05) is 51.6 Å². The Balaban J connectivity index is -0.0000139. The maximum atomic E-state index is 14.2. The first kappa shape index (κ1) is 133. The third kappa shape index (κ3) is 93.5. The van der Waals surface area contributed by atoms with E-state index in [9.17, 15) is 52.5 Å². The Hall–Kier alpha value is -2.81. The molecular weight excluding hydrogens is 1740 g/mol. The number of hydrogen-bond donors (Lipinski definition) is 6. The van der Waals surface area contributed by atoms with Crippen molar-refractivity contribution in [2.24, 2.45) is 0 Å². The number of hydrogen-bond acceptors (Lipinski definition) is 19. The molecule has 0 spiro atoms. The minimum absolute atomic E-state index is 0. The minimum Gasteiger partial charge on any atom is -1.00 e. The zero-order valence-corrected chi connectivity index (χ0v) is 91.2. The number of phosphoric ester groups is 2.